The molecule has 63 heavy (non-hydrogen) atoms. The third-order valence-corrected chi connectivity index (χ3v) is 13.6. The van der Waals surface area contributed by atoms with Crippen LogP contribution < -0.4 is 10.1 Å². The summed E-state index contributed by atoms with van der Waals surface area (Å²) in [7, 11) is -0.371. The van der Waals surface area contributed by atoms with Crippen LogP contribution in [0.3, 0.4) is 0 Å². The first kappa shape index (κ1) is 47.0. The fraction of sp³-hybridized carbons (Fsp3) is 0.388. The Morgan fingerprint density at radius 1 is 0.810 bits per heavy atom. The highest BCUT2D eigenvalue weighted by Crippen LogP contribution is 2.37. The number of hydrogen-bond donors (Lipinski definition) is 1. The molecule has 6 rings (SSSR count). The highest BCUT2D eigenvalue weighted by atomic mass is 35.5. The van der Waals surface area contributed by atoms with Gasteiger partial charge < -0.3 is 19.4 Å². The Kier molecular flexibility index (Phi) is 16.2. The molecule has 0 bridgehead atoms. The van der Waals surface area contributed by atoms with Gasteiger partial charge in [-0.3, -0.25) is 19.3 Å². The minimum Gasteiger partial charge on any atom is -0.497 e. The van der Waals surface area contributed by atoms with Crippen LogP contribution in [0.15, 0.2) is 102 Å². The summed E-state index contributed by atoms with van der Waals surface area (Å²) in [5.74, 6) is -2.22. The average Bonchev–Trinajstić information content (AvgIpc) is 3.70. The van der Waals surface area contributed by atoms with E-state index in [4.69, 9.17) is 21.1 Å². The van der Waals surface area contributed by atoms with E-state index < -0.39 is 45.7 Å². The number of ketones is 1. The van der Waals surface area contributed by atoms with Crippen LogP contribution in [0.1, 0.15) is 94.0 Å². The van der Waals surface area contributed by atoms with Crippen molar-refractivity contribution < 1.29 is 37.1 Å². The number of halogens is 1. The first-order valence-electron chi connectivity index (χ1n) is 21.8. The van der Waals surface area contributed by atoms with E-state index in [0.29, 0.717) is 44.8 Å². The van der Waals surface area contributed by atoms with Crippen molar-refractivity contribution in [3.63, 3.8) is 0 Å². The number of Topliss-reactive ketones (excluding diaryl/α,β-unsaturated/α-hetero) is 1. The number of hydrogen-bond acceptors (Lipinski definition) is 8. The summed E-state index contributed by atoms with van der Waals surface area (Å²) in [5, 5.41) is 3.06. The third kappa shape index (κ3) is 10.8. The van der Waals surface area contributed by atoms with Crippen molar-refractivity contribution in [2.75, 3.05) is 24.8 Å². The van der Waals surface area contributed by atoms with Gasteiger partial charge in [0.05, 0.1) is 46.3 Å². The van der Waals surface area contributed by atoms with E-state index in [0.717, 1.165) is 25.7 Å². The van der Waals surface area contributed by atoms with Gasteiger partial charge in [0.25, 0.3) is 11.8 Å². The van der Waals surface area contributed by atoms with E-state index in [9.17, 15) is 22.8 Å². The molecule has 1 saturated heterocycles. The molecule has 334 valence electrons. The maximum Gasteiger partial charge on any atom is 0.330 e. The van der Waals surface area contributed by atoms with Crippen LogP contribution in [0.25, 0.3) is 22.2 Å². The maximum absolute atomic E-state index is 15.4. The molecule has 0 aliphatic carbocycles. The molecule has 4 amide bonds. The largest absolute Gasteiger partial charge is 0.497 e. The lowest BCUT2D eigenvalue weighted by molar-refractivity contribution is -0.144. The number of aryl methyl sites for hydroxylation is 1. The van der Waals surface area contributed by atoms with E-state index in [2.05, 4.69) is 12.2 Å². The van der Waals surface area contributed by atoms with Gasteiger partial charge >= 0.3 is 6.03 Å². The number of fused-ring (bicyclic) bond motifs is 1. The number of aromatic nitrogens is 1. The second-order valence-electron chi connectivity index (χ2n) is 15.8. The number of nitrogens with zero attached hydrogens (tertiary/aromatic N) is 3. The van der Waals surface area contributed by atoms with Gasteiger partial charge in [0.1, 0.15) is 5.75 Å². The number of anilines is 1. The van der Waals surface area contributed by atoms with Gasteiger partial charge in [-0.2, -0.15) is 0 Å². The molecule has 1 aliphatic rings. The molecular formula is C49H57ClN4O8S. The standard InChI is InChI=1S/C49H57ClN4O8S/c1-5-7-8-9-10-11-12-13-14-20-31-63(59,60)37-29-30-40(39(50)32-37)51-46(56)44(54-47(57)48(62-6-2)53(49(54)58)33-34-21-16-15-17-22-34)45(55)42-38-23-18-19-24-41(38)52(3)43(42)35-25-27-36(61-4)28-26-35/h15-19,21-30,32,44,48H,5-14,20,31,33H2,1-4H3,(H,51,56). The fourth-order valence-corrected chi connectivity index (χ4v) is 9.87. The highest BCUT2D eigenvalue weighted by Gasteiger charge is 2.53. The molecule has 1 fully saturated rings. The first-order valence-corrected chi connectivity index (χ1v) is 23.8. The quantitative estimate of drug-likeness (QED) is 0.0295. The summed E-state index contributed by atoms with van der Waals surface area (Å²) in [4.78, 5) is 61.1. The molecule has 4 aromatic carbocycles. The second kappa shape index (κ2) is 21.7. The molecule has 0 radical (unpaired) electrons. The topological polar surface area (TPSA) is 144 Å². The van der Waals surface area contributed by atoms with Crippen LogP contribution in [0.5, 0.6) is 5.75 Å². The van der Waals surface area contributed by atoms with E-state index in [-0.39, 0.29) is 40.1 Å². The minimum absolute atomic E-state index is 0.00468. The Hall–Kier alpha value is -5.50. The monoisotopic (exact) mass is 896 g/mol. The average molecular weight is 898 g/mol. The van der Waals surface area contributed by atoms with Gasteiger partial charge in [0.2, 0.25) is 6.23 Å². The zero-order chi connectivity index (χ0) is 45.1. The number of ether oxygens (including phenoxy) is 2. The van der Waals surface area contributed by atoms with E-state index >= 15 is 4.79 Å². The molecule has 2 unspecified atom stereocenters. The van der Waals surface area contributed by atoms with Gasteiger partial charge in [-0.1, -0.05) is 125 Å². The van der Waals surface area contributed by atoms with Crippen molar-refractivity contribution in [3.8, 4) is 17.0 Å². The summed E-state index contributed by atoms with van der Waals surface area (Å²) < 4.78 is 39.8. The number of urea groups is 1. The number of rotatable bonds is 23. The molecule has 14 heteroatoms. The van der Waals surface area contributed by atoms with Crippen molar-refractivity contribution in [2.45, 2.75) is 102 Å². The zero-order valence-corrected chi connectivity index (χ0v) is 38.1. The van der Waals surface area contributed by atoms with Crippen molar-refractivity contribution in [1.29, 1.82) is 0 Å². The van der Waals surface area contributed by atoms with Crippen molar-refractivity contribution in [3.05, 3.63) is 113 Å². The number of sulfone groups is 1. The molecule has 2 heterocycles. The molecule has 2 atom stereocenters. The number of amides is 4. The molecule has 0 spiro atoms. The Morgan fingerprint density at radius 2 is 1.44 bits per heavy atom. The predicted octanol–water partition coefficient (Wildman–Crippen LogP) is 10.2. The van der Waals surface area contributed by atoms with Crippen LogP contribution in [-0.2, 0) is 37.8 Å². The maximum atomic E-state index is 15.4. The summed E-state index contributed by atoms with van der Waals surface area (Å²) >= 11 is 6.70. The number of carbonyl (C=O) groups excluding carboxylic acids is 4. The summed E-state index contributed by atoms with van der Waals surface area (Å²) in [6, 6.07) is 24.2. The van der Waals surface area contributed by atoms with Crippen LogP contribution in [0.2, 0.25) is 5.02 Å². The molecule has 12 nitrogen and oxygen atoms in total. The Bertz CT molecular complexity index is 2510. The molecule has 5 aromatic rings. The summed E-state index contributed by atoms with van der Waals surface area (Å²) in [6.45, 7) is 3.89. The van der Waals surface area contributed by atoms with Gasteiger partial charge in [-0.25, -0.2) is 18.1 Å². The normalized spacial score (nSPS) is 14.7. The van der Waals surface area contributed by atoms with Crippen molar-refractivity contribution >= 4 is 61.7 Å². The van der Waals surface area contributed by atoms with Crippen LogP contribution in [0, 0.1) is 0 Å². The van der Waals surface area contributed by atoms with Crippen LogP contribution in [-0.4, -0.2) is 78.2 Å². The van der Waals surface area contributed by atoms with Crippen LogP contribution in [0.4, 0.5) is 10.5 Å². The Balaban J connectivity index is 1.32. The number of imide groups is 1. The van der Waals surface area contributed by atoms with Crippen molar-refractivity contribution in [2.24, 2.45) is 7.05 Å². The molecule has 1 N–H and O–H groups in total. The molecular weight excluding hydrogens is 840 g/mol. The zero-order valence-electron chi connectivity index (χ0n) is 36.5. The first-order chi connectivity index (χ1) is 30.4. The minimum atomic E-state index is -3.71. The summed E-state index contributed by atoms with van der Waals surface area (Å²) in [5.41, 5.74) is 2.52. The number of methoxy groups -OCH3 is 1. The van der Waals surface area contributed by atoms with Gasteiger partial charge in [0.15, 0.2) is 21.7 Å². The van der Waals surface area contributed by atoms with Crippen LogP contribution >= 0.6 is 11.6 Å². The number of para-hydroxylation sites is 1. The number of benzene rings is 4. The van der Waals surface area contributed by atoms with Gasteiger partial charge in [-0.15, -0.1) is 0 Å². The van der Waals surface area contributed by atoms with Gasteiger partial charge in [0, 0.05) is 24.6 Å². The number of carbonyl (C=O) groups is 4. The number of unbranched alkanes of at least 4 members (excludes halogenated alkanes) is 9. The Labute approximate surface area is 375 Å². The molecule has 0 saturated carbocycles. The third-order valence-electron chi connectivity index (χ3n) is 11.5. The Morgan fingerprint density at radius 3 is 2.08 bits per heavy atom. The van der Waals surface area contributed by atoms with Gasteiger partial charge in [-0.05, 0) is 73.0 Å². The lowest BCUT2D eigenvalue weighted by Crippen LogP contribution is -2.52. The molecule has 1 aliphatic heterocycles. The predicted molar refractivity (Wildman–Crippen MR) is 247 cm³/mol. The highest BCUT2D eigenvalue weighted by molar-refractivity contribution is 7.91. The number of nitrogens with one attached hydrogen (secondary N) is 1. The summed E-state index contributed by atoms with van der Waals surface area (Å²) in [6.07, 6.45) is 9.24. The molecule has 1 aromatic heterocycles. The van der Waals surface area contributed by atoms with E-state index in [1.165, 1.54) is 55.2 Å². The lowest BCUT2D eigenvalue weighted by atomic mass is 9.96. The van der Waals surface area contributed by atoms with E-state index in [1.807, 2.05) is 22.8 Å². The second-order valence-corrected chi connectivity index (χ2v) is 18.4. The van der Waals surface area contributed by atoms with Crippen molar-refractivity contribution in [1.82, 2.24) is 14.4 Å². The smallest absolute Gasteiger partial charge is 0.330 e. The SMILES string of the molecule is CCCCCCCCCCCCS(=O)(=O)c1ccc(NC(=O)C(C(=O)c2c(-c3ccc(OC)cc3)n(C)c3ccccc23)N2C(=O)C(OCC)N(Cc3ccccc3)C2=O)c(Cl)c1. The fourth-order valence-electron chi connectivity index (χ4n) is 8.18. The van der Waals surface area contributed by atoms with E-state index in [1.54, 1.807) is 81.7 Å². The lowest BCUT2D eigenvalue weighted by Gasteiger charge is -2.25.